The Kier molecular flexibility index (Phi) is 20.1. The van der Waals surface area contributed by atoms with Crippen LogP contribution in [-0.4, -0.2) is 58.2 Å². The fraction of sp³-hybridized carbons (Fsp3) is 0.217. The number of aryl methyl sites for hydroxylation is 11. The van der Waals surface area contributed by atoms with Crippen LogP contribution in [-0.2, 0) is 27.4 Å². The molecule has 1 aliphatic heterocycles. The van der Waals surface area contributed by atoms with Crippen molar-refractivity contribution in [2.75, 3.05) is 0 Å². The van der Waals surface area contributed by atoms with E-state index in [0.29, 0.717) is 10.3 Å². The van der Waals surface area contributed by atoms with E-state index in [1.807, 2.05) is 63.9 Å². The number of fused-ring (bicyclic) bond motifs is 3. The predicted molar refractivity (Wildman–Crippen MR) is 403 cm³/mol. The van der Waals surface area contributed by atoms with Gasteiger partial charge in [-0.15, -0.1) is 0 Å². The summed E-state index contributed by atoms with van der Waals surface area (Å²) >= 11 is 12.1. The molecule has 14 rings (SSSR count). The number of benzene rings is 7. The Morgan fingerprint density at radius 1 is 0.408 bits per heavy atom. The zero-order chi connectivity index (χ0) is 70.1. The maximum atomic E-state index is 10.5. The molecule has 13 aromatic rings. The van der Waals surface area contributed by atoms with Crippen molar-refractivity contribution in [1.82, 2.24) is 39.0 Å². The summed E-state index contributed by atoms with van der Waals surface area (Å²) in [7, 11) is -4.02. The summed E-state index contributed by atoms with van der Waals surface area (Å²) in [6.07, 6.45) is 6.77. The molecule has 7 aromatic carbocycles. The number of aromatic nitrogens is 8. The van der Waals surface area contributed by atoms with Crippen LogP contribution < -0.4 is 0 Å². The summed E-state index contributed by atoms with van der Waals surface area (Å²) in [5, 5.41) is 1.00. The Balaban J connectivity index is 0.000000166. The third kappa shape index (κ3) is 14.7. The SMILES string of the molecule is Cc1cc(-n2cnc3c(-c4c(C)cccc4C)cccc32)nc(C(C)(C)c2cc(C)cc(-n3cnc4c(-c5c(C)cccc5C)cccc43)n2)c1.Cc1cc(Cl)nc(C(C)(C)c2cc(C)cc(Cl)n2)c1.Cc1ccc(S(=O)(=O)O)cc1.Cc1cccc(C)c1-c1cccc2c1N=CC2. The Morgan fingerprint density at radius 3 is 1.14 bits per heavy atom. The van der Waals surface area contributed by atoms with Gasteiger partial charge in [0, 0.05) is 40.2 Å². The van der Waals surface area contributed by atoms with Gasteiger partial charge in [-0.3, -0.25) is 18.7 Å². The number of halogens is 2. The quantitative estimate of drug-likeness (QED) is 0.104. The molecule has 0 radical (unpaired) electrons. The van der Waals surface area contributed by atoms with Gasteiger partial charge in [-0.1, -0.05) is 138 Å². The maximum Gasteiger partial charge on any atom is 0.294 e. The molecule has 0 amide bonds. The standard InChI is InChI=1S/C45H42N6.C16H15N.C15H16Cl2N2.C7H8O3S/c1-27-21-37(48-39(23-27)50-25-46-43-33(17-11-19-35(43)50)41-29(3)13-9-14-30(41)4)45(7,8)38-22-28(2)24-40(49-38)51-26-47-44-34(18-12-20-36(44)51)42-31(5)15-10-16-32(42)6;1-11-5-3-6-12(2)15(11)14-8-4-7-13-9-10-17-16(13)14;1-9-5-11(18-13(16)7-9)15(3,4)12-6-10(2)8-14(17)19-12;1-6-2-4-7(5-3-6)11(8,9)10/h9-26H,1-8H3;3-8,10H,9H2,1-2H3;5-8H,1-4H3;2-5H,1H3,(H,8,9,10). The molecule has 12 nitrogen and oxygen atoms in total. The van der Waals surface area contributed by atoms with E-state index in [0.717, 1.165) is 108 Å². The lowest BCUT2D eigenvalue weighted by atomic mass is 9.83. The lowest BCUT2D eigenvalue weighted by Gasteiger charge is -2.26. The molecular formula is C83H81Cl2N9O3S. The lowest BCUT2D eigenvalue weighted by Crippen LogP contribution is -2.24. The molecule has 0 bridgehead atoms. The molecule has 0 saturated heterocycles. The first-order valence-electron chi connectivity index (χ1n) is 32.7. The number of aliphatic imine (C=N–C) groups is 1. The molecule has 1 aliphatic rings. The Morgan fingerprint density at radius 2 is 0.755 bits per heavy atom. The van der Waals surface area contributed by atoms with Crippen LogP contribution in [0.15, 0.2) is 205 Å². The summed E-state index contributed by atoms with van der Waals surface area (Å²) in [6, 6.07) is 61.0. The third-order valence-electron chi connectivity index (χ3n) is 18.2. The van der Waals surface area contributed by atoms with Crippen LogP contribution in [0.25, 0.3) is 67.1 Å². The number of para-hydroxylation sites is 3. The molecule has 0 aliphatic carbocycles. The minimum absolute atomic E-state index is 0.0666. The first-order valence-corrected chi connectivity index (χ1v) is 34.9. The molecule has 98 heavy (non-hydrogen) atoms. The summed E-state index contributed by atoms with van der Waals surface area (Å²) in [5.74, 6) is 1.68. The molecular weight excluding hydrogens is 1270 g/mol. The van der Waals surface area contributed by atoms with Crippen LogP contribution in [0.2, 0.25) is 10.3 Å². The number of hydrogen-bond donors (Lipinski definition) is 1. The largest absolute Gasteiger partial charge is 0.294 e. The third-order valence-corrected chi connectivity index (χ3v) is 19.5. The molecule has 1 N–H and O–H groups in total. The van der Waals surface area contributed by atoms with Crippen LogP contribution in [0, 0.1) is 76.2 Å². The second-order valence-corrected chi connectivity index (χ2v) is 28.9. The predicted octanol–water partition coefficient (Wildman–Crippen LogP) is 20.9. The second-order valence-electron chi connectivity index (χ2n) is 26.7. The highest BCUT2D eigenvalue weighted by molar-refractivity contribution is 7.85. The van der Waals surface area contributed by atoms with E-state index in [1.54, 1.807) is 12.1 Å². The van der Waals surface area contributed by atoms with Gasteiger partial charge in [-0.25, -0.2) is 29.9 Å². The van der Waals surface area contributed by atoms with Gasteiger partial charge in [-0.2, -0.15) is 8.42 Å². The maximum absolute atomic E-state index is 10.5. The van der Waals surface area contributed by atoms with Gasteiger partial charge in [0.1, 0.15) is 34.6 Å². The monoisotopic (exact) mass is 1350 g/mol. The average Bonchev–Trinajstić information content (AvgIpc) is 0.968. The van der Waals surface area contributed by atoms with E-state index in [1.165, 1.54) is 73.3 Å². The Hall–Kier alpha value is -9.76. The molecule has 0 spiro atoms. The molecule has 0 atom stereocenters. The van der Waals surface area contributed by atoms with Crippen molar-refractivity contribution in [3.63, 3.8) is 0 Å². The number of hydrogen-bond acceptors (Lipinski definition) is 9. The van der Waals surface area contributed by atoms with Gasteiger partial charge >= 0.3 is 0 Å². The second kappa shape index (κ2) is 28.4. The molecule has 496 valence electrons. The highest BCUT2D eigenvalue weighted by Gasteiger charge is 2.30. The fourth-order valence-electron chi connectivity index (χ4n) is 13.0. The van der Waals surface area contributed by atoms with E-state index < -0.39 is 15.5 Å². The molecule has 6 aromatic heterocycles. The first kappa shape index (κ1) is 69.6. The summed E-state index contributed by atoms with van der Waals surface area (Å²) in [6.45, 7) is 31.7. The first-order chi connectivity index (χ1) is 46.6. The van der Waals surface area contributed by atoms with Crippen molar-refractivity contribution in [1.29, 1.82) is 0 Å². The van der Waals surface area contributed by atoms with Gasteiger partial charge in [0.25, 0.3) is 10.1 Å². The fourth-order valence-corrected chi connectivity index (χ4v) is 14.0. The van der Waals surface area contributed by atoms with Crippen LogP contribution in [0.3, 0.4) is 0 Å². The summed E-state index contributed by atoms with van der Waals surface area (Å²) < 4.78 is 33.8. The van der Waals surface area contributed by atoms with Crippen LogP contribution in [0.4, 0.5) is 5.69 Å². The summed E-state index contributed by atoms with van der Waals surface area (Å²) in [5.41, 5.74) is 29.7. The Bertz CT molecular complexity index is 5010. The Labute approximate surface area is 586 Å². The van der Waals surface area contributed by atoms with Crippen molar-refractivity contribution in [3.8, 4) is 45.0 Å². The molecule has 0 unspecified atom stereocenters. The molecule has 0 fully saturated rings. The van der Waals surface area contributed by atoms with E-state index in [9.17, 15) is 8.42 Å². The highest BCUT2D eigenvalue weighted by atomic mass is 35.5. The van der Waals surface area contributed by atoms with E-state index >= 15 is 0 Å². The van der Waals surface area contributed by atoms with Crippen molar-refractivity contribution >= 4 is 67.3 Å². The van der Waals surface area contributed by atoms with Crippen molar-refractivity contribution in [3.05, 3.63) is 294 Å². The van der Waals surface area contributed by atoms with Crippen LogP contribution in [0.5, 0.6) is 0 Å². The number of rotatable bonds is 10. The number of nitrogens with zero attached hydrogens (tertiary/aromatic N) is 9. The minimum atomic E-state index is -4.02. The number of imidazole rings is 2. The van der Waals surface area contributed by atoms with Gasteiger partial charge < -0.3 is 0 Å². The number of pyridine rings is 4. The highest BCUT2D eigenvalue weighted by Crippen LogP contribution is 2.41. The smallest absolute Gasteiger partial charge is 0.283 e. The van der Waals surface area contributed by atoms with Gasteiger partial charge in [0.15, 0.2) is 0 Å². The van der Waals surface area contributed by atoms with Gasteiger partial charge in [-0.05, 0) is 255 Å². The normalized spacial score (nSPS) is 12.0. The van der Waals surface area contributed by atoms with Crippen molar-refractivity contribution in [2.45, 2.75) is 126 Å². The topological polar surface area (TPSA) is 154 Å². The molecule has 15 heteroatoms. The zero-order valence-electron chi connectivity index (χ0n) is 58.2. The van der Waals surface area contributed by atoms with Gasteiger partial charge in [0.2, 0.25) is 0 Å². The lowest BCUT2D eigenvalue weighted by molar-refractivity contribution is 0.483. The van der Waals surface area contributed by atoms with E-state index in [-0.39, 0.29) is 10.3 Å². The minimum Gasteiger partial charge on any atom is -0.283 e. The summed E-state index contributed by atoms with van der Waals surface area (Å²) in [4.78, 5) is 33.8. The molecule has 0 saturated carbocycles. The van der Waals surface area contributed by atoms with E-state index in [4.69, 9.17) is 47.7 Å². The van der Waals surface area contributed by atoms with Crippen LogP contribution >= 0.6 is 23.2 Å². The van der Waals surface area contributed by atoms with Crippen molar-refractivity contribution in [2.24, 2.45) is 4.99 Å². The van der Waals surface area contributed by atoms with Crippen LogP contribution in [0.1, 0.15) is 117 Å². The van der Waals surface area contributed by atoms with Crippen molar-refractivity contribution < 1.29 is 13.0 Å². The average molecular weight is 1360 g/mol. The van der Waals surface area contributed by atoms with Gasteiger partial charge in [0.05, 0.1) is 55.4 Å². The molecule has 7 heterocycles. The van der Waals surface area contributed by atoms with E-state index in [2.05, 4.69) is 241 Å². The zero-order valence-corrected chi connectivity index (χ0v) is 60.5.